The van der Waals surface area contributed by atoms with Crippen LogP contribution in [-0.2, 0) is 9.53 Å². The number of carbonyl (C=O) groups excluding carboxylic acids is 2. The zero-order valence-corrected chi connectivity index (χ0v) is 15.6. The standard InChI is InChI=1S/C18H24ClFN2O4/c1-2-3-10-25-18(24)22-8-6-13(7-9-22)21-17(23)12-26-14-4-5-15(19)16(20)11-14/h4-5,11,13H,2-3,6-10,12H2,1H3,(H,21,23). The lowest BCUT2D eigenvalue weighted by molar-refractivity contribution is -0.124. The molecule has 1 aliphatic rings. The van der Waals surface area contributed by atoms with E-state index in [1.54, 1.807) is 4.90 Å². The number of unbranched alkanes of at least 4 members (excludes halogenated alkanes) is 1. The van der Waals surface area contributed by atoms with Crippen LogP contribution in [0.3, 0.4) is 0 Å². The Bertz CT molecular complexity index is 621. The first kappa shape index (κ1) is 20.3. The van der Waals surface area contributed by atoms with Crippen molar-refractivity contribution in [3.05, 3.63) is 29.0 Å². The first-order chi connectivity index (χ1) is 12.5. The van der Waals surface area contributed by atoms with E-state index in [9.17, 15) is 14.0 Å². The molecular weight excluding hydrogens is 363 g/mol. The molecule has 0 aliphatic carbocycles. The Morgan fingerprint density at radius 2 is 2.08 bits per heavy atom. The number of piperidine rings is 1. The number of rotatable bonds is 7. The molecule has 26 heavy (non-hydrogen) atoms. The molecular formula is C18H24ClFN2O4. The molecule has 0 unspecified atom stereocenters. The Balaban J connectivity index is 1.67. The topological polar surface area (TPSA) is 67.9 Å². The number of likely N-dealkylation sites (tertiary alicyclic amines) is 1. The van der Waals surface area contributed by atoms with Gasteiger partial charge in [0, 0.05) is 25.2 Å². The maximum Gasteiger partial charge on any atom is 0.409 e. The molecule has 1 fully saturated rings. The van der Waals surface area contributed by atoms with Gasteiger partial charge in [0.1, 0.15) is 11.6 Å². The van der Waals surface area contributed by atoms with Gasteiger partial charge >= 0.3 is 6.09 Å². The third kappa shape index (κ3) is 6.37. The molecule has 0 radical (unpaired) electrons. The van der Waals surface area contributed by atoms with E-state index in [0.29, 0.717) is 32.5 Å². The van der Waals surface area contributed by atoms with Crippen LogP contribution in [-0.4, -0.2) is 49.2 Å². The summed E-state index contributed by atoms with van der Waals surface area (Å²) in [5.41, 5.74) is 0. The average molecular weight is 387 g/mol. The second-order valence-electron chi connectivity index (χ2n) is 6.16. The van der Waals surface area contributed by atoms with Crippen molar-refractivity contribution in [1.29, 1.82) is 0 Å². The number of halogens is 2. The number of carbonyl (C=O) groups is 2. The van der Waals surface area contributed by atoms with E-state index in [-0.39, 0.29) is 35.4 Å². The molecule has 8 heteroatoms. The van der Waals surface area contributed by atoms with Gasteiger partial charge in [-0.3, -0.25) is 4.79 Å². The van der Waals surface area contributed by atoms with Crippen LogP contribution in [0, 0.1) is 5.82 Å². The van der Waals surface area contributed by atoms with Crippen LogP contribution >= 0.6 is 11.6 Å². The number of ether oxygens (including phenoxy) is 2. The van der Waals surface area contributed by atoms with Crippen molar-refractivity contribution in [1.82, 2.24) is 10.2 Å². The van der Waals surface area contributed by atoms with Gasteiger partial charge in [-0.15, -0.1) is 0 Å². The van der Waals surface area contributed by atoms with Gasteiger partial charge in [-0.2, -0.15) is 0 Å². The Morgan fingerprint density at radius 1 is 1.35 bits per heavy atom. The van der Waals surface area contributed by atoms with Crippen molar-refractivity contribution in [2.45, 2.75) is 38.6 Å². The highest BCUT2D eigenvalue weighted by molar-refractivity contribution is 6.30. The summed E-state index contributed by atoms with van der Waals surface area (Å²) in [6.07, 6.45) is 2.85. The van der Waals surface area contributed by atoms with Crippen LogP contribution in [0.2, 0.25) is 5.02 Å². The monoisotopic (exact) mass is 386 g/mol. The van der Waals surface area contributed by atoms with Crippen LogP contribution in [0.1, 0.15) is 32.6 Å². The molecule has 1 aromatic rings. The summed E-state index contributed by atoms with van der Waals surface area (Å²) in [5, 5.41) is 2.87. The highest BCUT2D eigenvalue weighted by atomic mass is 35.5. The number of benzene rings is 1. The minimum absolute atomic E-state index is 0.00165. The SMILES string of the molecule is CCCCOC(=O)N1CCC(NC(=O)COc2ccc(Cl)c(F)c2)CC1. The Hall–Kier alpha value is -2.02. The lowest BCUT2D eigenvalue weighted by atomic mass is 10.1. The molecule has 2 rings (SSSR count). The van der Waals surface area contributed by atoms with Crippen LogP contribution in [0.5, 0.6) is 5.75 Å². The van der Waals surface area contributed by atoms with Crippen molar-refractivity contribution in [2.24, 2.45) is 0 Å². The first-order valence-electron chi connectivity index (χ1n) is 8.78. The number of nitrogens with zero attached hydrogens (tertiary/aromatic N) is 1. The van der Waals surface area contributed by atoms with Crippen LogP contribution in [0.4, 0.5) is 9.18 Å². The molecule has 144 valence electrons. The summed E-state index contributed by atoms with van der Waals surface area (Å²) in [5.74, 6) is -0.640. The van der Waals surface area contributed by atoms with Crippen molar-refractivity contribution < 1.29 is 23.5 Å². The fourth-order valence-electron chi connectivity index (χ4n) is 2.59. The van der Waals surface area contributed by atoms with E-state index in [4.69, 9.17) is 21.1 Å². The smallest absolute Gasteiger partial charge is 0.409 e. The number of amides is 2. The van der Waals surface area contributed by atoms with Gasteiger partial charge in [-0.1, -0.05) is 24.9 Å². The Labute approximate surface area is 157 Å². The van der Waals surface area contributed by atoms with Gasteiger partial charge in [-0.25, -0.2) is 9.18 Å². The highest BCUT2D eigenvalue weighted by Gasteiger charge is 2.24. The van der Waals surface area contributed by atoms with E-state index in [1.807, 2.05) is 6.92 Å². The molecule has 0 atom stereocenters. The molecule has 0 spiro atoms. The average Bonchev–Trinajstić information content (AvgIpc) is 2.63. The fourth-order valence-corrected chi connectivity index (χ4v) is 2.70. The minimum atomic E-state index is -0.595. The van der Waals surface area contributed by atoms with Gasteiger partial charge in [0.2, 0.25) is 0 Å². The summed E-state index contributed by atoms with van der Waals surface area (Å²) in [7, 11) is 0. The van der Waals surface area contributed by atoms with Gasteiger partial charge in [0.05, 0.1) is 11.6 Å². The van der Waals surface area contributed by atoms with Gasteiger partial charge in [0.15, 0.2) is 6.61 Å². The lowest BCUT2D eigenvalue weighted by Gasteiger charge is -2.31. The minimum Gasteiger partial charge on any atom is -0.484 e. The molecule has 1 saturated heterocycles. The normalized spacial score (nSPS) is 14.8. The predicted molar refractivity (Wildman–Crippen MR) is 95.9 cm³/mol. The van der Waals surface area contributed by atoms with E-state index >= 15 is 0 Å². The van der Waals surface area contributed by atoms with Gasteiger partial charge < -0.3 is 19.7 Å². The summed E-state index contributed by atoms with van der Waals surface area (Å²) in [6.45, 7) is 3.35. The maximum absolute atomic E-state index is 13.3. The zero-order chi connectivity index (χ0) is 18.9. The Kier molecular flexibility index (Phi) is 7.97. The third-order valence-electron chi connectivity index (χ3n) is 4.10. The van der Waals surface area contributed by atoms with Gasteiger partial charge in [0.25, 0.3) is 5.91 Å². The molecule has 2 amide bonds. The summed E-state index contributed by atoms with van der Waals surface area (Å²) >= 11 is 5.59. The molecule has 6 nitrogen and oxygen atoms in total. The van der Waals surface area contributed by atoms with E-state index in [2.05, 4.69) is 5.32 Å². The molecule has 1 aromatic carbocycles. The highest BCUT2D eigenvalue weighted by Crippen LogP contribution is 2.20. The lowest BCUT2D eigenvalue weighted by Crippen LogP contribution is -2.47. The molecule has 1 heterocycles. The molecule has 0 aromatic heterocycles. The zero-order valence-electron chi connectivity index (χ0n) is 14.8. The second kappa shape index (κ2) is 10.2. The molecule has 1 N–H and O–H groups in total. The van der Waals surface area contributed by atoms with Crippen molar-refractivity contribution in [3.63, 3.8) is 0 Å². The van der Waals surface area contributed by atoms with Crippen molar-refractivity contribution >= 4 is 23.6 Å². The van der Waals surface area contributed by atoms with Crippen LogP contribution in [0.15, 0.2) is 18.2 Å². The van der Waals surface area contributed by atoms with Crippen LogP contribution < -0.4 is 10.1 Å². The number of hydrogen-bond acceptors (Lipinski definition) is 4. The molecule has 1 aliphatic heterocycles. The van der Waals surface area contributed by atoms with Crippen molar-refractivity contribution in [2.75, 3.05) is 26.3 Å². The molecule has 0 saturated carbocycles. The summed E-state index contributed by atoms with van der Waals surface area (Å²) in [6, 6.07) is 3.99. The van der Waals surface area contributed by atoms with Crippen molar-refractivity contribution in [3.8, 4) is 5.75 Å². The maximum atomic E-state index is 13.3. The fraction of sp³-hybridized carbons (Fsp3) is 0.556. The number of nitrogens with one attached hydrogen (secondary N) is 1. The van der Waals surface area contributed by atoms with E-state index in [0.717, 1.165) is 18.9 Å². The summed E-state index contributed by atoms with van der Waals surface area (Å²) < 4.78 is 23.8. The Morgan fingerprint density at radius 3 is 2.73 bits per heavy atom. The first-order valence-corrected chi connectivity index (χ1v) is 9.16. The van der Waals surface area contributed by atoms with E-state index < -0.39 is 5.82 Å². The third-order valence-corrected chi connectivity index (χ3v) is 4.41. The van der Waals surface area contributed by atoms with Crippen LogP contribution in [0.25, 0.3) is 0 Å². The predicted octanol–water partition coefficient (Wildman–Crippen LogP) is 3.38. The second-order valence-corrected chi connectivity index (χ2v) is 6.57. The summed E-state index contributed by atoms with van der Waals surface area (Å²) in [4.78, 5) is 25.5. The van der Waals surface area contributed by atoms with Gasteiger partial charge in [-0.05, 0) is 31.4 Å². The van der Waals surface area contributed by atoms with E-state index in [1.165, 1.54) is 12.1 Å². The molecule has 0 bridgehead atoms. The largest absolute Gasteiger partial charge is 0.484 e. The number of hydrogen-bond donors (Lipinski definition) is 1. The quantitative estimate of drug-likeness (QED) is 0.729.